The lowest BCUT2D eigenvalue weighted by Crippen LogP contribution is -2.25. The average Bonchev–Trinajstić information content (AvgIpc) is 2.03. The minimum Gasteiger partial charge on any atom is -0.504 e. The minimum atomic E-state index is -0.553. The summed E-state index contributed by atoms with van der Waals surface area (Å²) in [7, 11) is -0.553. The molecule has 0 saturated carbocycles. The maximum absolute atomic E-state index is 5.72. The first-order chi connectivity index (χ1) is 6.50. The third-order valence-corrected chi connectivity index (χ3v) is 5.62. The van der Waals surface area contributed by atoms with Gasteiger partial charge in [0, 0.05) is 0 Å². The van der Waals surface area contributed by atoms with Crippen molar-refractivity contribution in [3.05, 3.63) is 12.0 Å². The third-order valence-electron chi connectivity index (χ3n) is 2.34. The predicted molar refractivity (Wildman–Crippen MR) is 66.0 cm³/mol. The van der Waals surface area contributed by atoms with Crippen LogP contribution >= 0.6 is 0 Å². The molecule has 0 aromatic rings. The summed E-state index contributed by atoms with van der Waals surface area (Å²) < 4.78 is 5.72. The standard InChI is InChI=1S/C12H25OSi/c1-7-8-9-13-12(6)14(10(2)3)11(4)5/h10-11H,6-9H2,1-5H3. The molecule has 0 aliphatic heterocycles. The summed E-state index contributed by atoms with van der Waals surface area (Å²) in [6.45, 7) is 16.2. The topological polar surface area (TPSA) is 9.23 Å². The van der Waals surface area contributed by atoms with E-state index in [0.29, 0.717) is 11.1 Å². The molecule has 0 aromatic heterocycles. The van der Waals surface area contributed by atoms with Crippen LogP contribution in [-0.4, -0.2) is 15.4 Å². The largest absolute Gasteiger partial charge is 0.504 e. The summed E-state index contributed by atoms with van der Waals surface area (Å²) >= 11 is 0. The van der Waals surface area contributed by atoms with Crippen molar-refractivity contribution in [3.8, 4) is 0 Å². The quantitative estimate of drug-likeness (QED) is 0.350. The van der Waals surface area contributed by atoms with Gasteiger partial charge in [0.25, 0.3) is 0 Å². The Morgan fingerprint density at radius 2 is 1.71 bits per heavy atom. The Kier molecular flexibility index (Phi) is 6.98. The first-order valence-electron chi connectivity index (χ1n) is 5.69. The summed E-state index contributed by atoms with van der Waals surface area (Å²) in [5, 5.41) is 1.08. The molecule has 0 N–H and O–H groups in total. The van der Waals surface area contributed by atoms with Crippen LogP contribution in [0.15, 0.2) is 12.0 Å². The Labute approximate surface area is 91.2 Å². The van der Waals surface area contributed by atoms with Crippen molar-refractivity contribution >= 4 is 8.80 Å². The minimum absolute atomic E-state index is 0.553. The third kappa shape index (κ3) is 4.84. The van der Waals surface area contributed by atoms with E-state index < -0.39 is 8.80 Å². The van der Waals surface area contributed by atoms with Gasteiger partial charge in [-0.15, -0.1) is 0 Å². The lowest BCUT2D eigenvalue weighted by Gasteiger charge is -2.24. The first-order valence-corrected chi connectivity index (χ1v) is 7.34. The summed E-state index contributed by atoms with van der Waals surface area (Å²) in [4.78, 5) is 0. The fraction of sp³-hybridized carbons (Fsp3) is 0.833. The van der Waals surface area contributed by atoms with Crippen LogP contribution < -0.4 is 0 Å². The Morgan fingerprint density at radius 1 is 1.21 bits per heavy atom. The van der Waals surface area contributed by atoms with E-state index in [2.05, 4.69) is 41.2 Å². The molecule has 0 aliphatic carbocycles. The smallest absolute Gasteiger partial charge is 0.138 e. The molecule has 0 unspecified atom stereocenters. The molecule has 83 valence electrons. The van der Waals surface area contributed by atoms with E-state index in [1.807, 2.05) is 0 Å². The molecule has 0 heterocycles. The Morgan fingerprint density at radius 3 is 2.07 bits per heavy atom. The molecule has 2 heteroatoms. The van der Waals surface area contributed by atoms with Crippen LogP contribution in [0.3, 0.4) is 0 Å². The highest BCUT2D eigenvalue weighted by Crippen LogP contribution is 2.25. The molecular weight excluding hydrogens is 188 g/mol. The lowest BCUT2D eigenvalue weighted by molar-refractivity contribution is 0.228. The summed E-state index contributed by atoms with van der Waals surface area (Å²) in [5.41, 5.74) is 1.43. The summed E-state index contributed by atoms with van der Waals surface area (Å²) in [6.07, 6.45) is 2.34. The van der Waals surface area contributed by atoms with Gasteiger partial charge in [-0.05, 0) is 17.5 Å². The van der Waals surface area contributed by atoms with E-state index in [4.69, 9.17) is 4.74 Å². The molecule has 0 aliphatic rings. The molecule has 14 heavy (non-hydrogen) atoms. The van der Waals surface area contributed by atoms with Gasteiger partial charge in [0.2, 0.25) is 0 Å². The Bertz CT molecular complexity index is 156. The van der Waals surface area contributed by atoms with Crippen molar-refractivity contribution in [1.82, 2.24) is 0 Å². The van der Waals surface area contributed by atoms with Crippen molar-refractivity contribution in [2.24, 2.45) is 0 Å². The molecule has 0 atom stereocenters. The van der Waals surface area contributed by atoms with E-state index in [1.54, 1.807) is 0 Å². The van der Waals surface area contributed by atoms with Crippen LogP contribution in [0, 0.1) is 0 Å². The molecular formula is C12H25OSi. The van der Waals surface area contributed by atoms with Crippen LogP contribution in [0.4, 0.5) is 0 Å². The zero-order valence-electron chi connectivity index (χ0n) is 10.4. The van der Waals surface area contributed by atoms with Gasteiger partial charge in [-0.25, -0.2) is 0 Å². The van der Waals surface area contributed by atoms with Gasteiger partial charge in [0.1, 0.15) is 8.80 Å². The maximum atomic E-state index is 5.72. The zero-order chi connectivity index (χ0) is 11.1. The highest BCUT2D eigenvalue weighted by atomic mass is 28.3. The molecule has 0 saturated heterocycles. The van der Waals surface area contributed by atoms with Crippen molar-refractivity contribution in [2.75, 3.05) is 6.61 Å². The van der Waals surface area contributed by atoms with Crippen LogP contribution in [-0.2, 0) is 4.74 Å². The Balaban J connectivity index is 4.03. The van der Waals surface area contributed by atoms with Gasteiger partial charge in [0.05, 0.1) is 12.0 Å². The van der Waals surface area contributed by atoms with E-state index in [9.17, 15) is 0 Å². The van der Waals surface area contributed by atoms with Crippen LogP contribution in [0.2, 0.25) is 11.1 Å². The molecule has 0 rings (SSSR count). The second-order valence-electron chi connectivity index (χ2n) is 4.39. The summed E-state index contributed by atoms with van der Waals surface area (Å²) in [5.74, 6) is 0. The van der Waals surface area contributed by atoms with Crippen molar-refractivity contribution in [1.29, 1.82) is 0 Å². The molecule has 1 nitrogen and oxygen atoms in total. The number of rotatable bonds is 7. The van der Waals surface area contributed by atoms with E-state index in [-0.39, 0.29) is 0 Å². The van der Waals surface area contributed by atoms with Gasteiger partial charge < -0.3 is 4.74 Å². The molecule has 0 fully saturated rings. The monoisotopic (exact) mass is 213 g/mol. The van der Waals surface area contributed by atoms with Gasteiger partial charge in [0.15, 0.2) is 0 Å². The van der Waals surface area contributed by atoms with E-state index in [0.717, 1.165) is 18.4 Å². The van der Waals surface area contributed by atoms with Crippen LogP contribution in [0.25, 0.3) is 0 Å². The van der Waals surface area contributed by atoms with Crippen molar-refractivity contribution < 1.29 is 4.74 Å². The molecule has 1 radical (unpaired) electrons. The number of unbranched alkanes of at least 4 members (excludes halogenated alkanes) is 1. The van der Waals surface area contributed by atoms with Gasteiger partial charge in [-0.3, -0.25) is 0 Å². The number of ether oxygens (including phenoxy) is 1. The van der Waals surface area contributed by atoms with E-state index in [1.165, 1.54) is 6.42 Å². The van der Waals surface area contributed by atoms with Gasteiger partial charge in [-0.1, -0.05) is 47.6 Å². The highest BCUT2D eigenvalue weighted by Gasteiger charge is 2.24. The Hall–Kier alpha value is -0.243. The van der Waals surface area contributed by atoms with Crippen molar-refractivity contribution in [3.63, 3.8) is 0 Å². The number of hydrogen-bond donors (Lipinski definition) is 0. The average molecular weight is 213 g/mol. The zero-order valence-corrected chi connectivity index (χ0v) is 11.4. The van der Waals surface area contributed by atoms with Crippen LogP contribution in [0.5, 0.6) is 0 Å². The summed E-state index contributed by atoms with van der Waals surface area (Å²) in [6, 6.07) is 0. The normalized spacial score (nSPS) is 11.4. The molecule has 0 amide bonds. The van der Waals surface area contributed by atoms with E-state index >= 15 is 0 Å². The second-order valence-corrected chi connectivity index (χ2v) is 8.17. The first kappa shape index (κ1) is 13.8. The van der Waals surface area contributed by atoms with Crippen LogP contribution in [0.1, 0.15) is 47.5 Å². The second kappa shape index (κ2) is 7.10. The molecule has 0 bridgehead atoms. The molecule has 0 aromatic carbocycles. The SMILES string of the molecule is C=C(OCCCC)[Si](C(C)C)C(C)C. The predicted octanol–water partition coefficient (Wildman–Crippen LogP) is 4.17. The van der Waals surface area contributed by atoms with Gasteiger partial charge >= 0.3 is 0 Å². The lowest BCUT2D eigenvalue weighted by atomic mass is 10.4. The highest BCUT2D eigenvalue weighted by molar-refractivity contribution is 6.68. The maximum Gasteiger partial charge on any atom is 0.138 e. The van der Waals surface area contributed by atoms with Crippen molar-refractivity contribution in [2.45, 2.75) is 58.5 Å². The van der Waals surface area contributed by atoms with Gasteiger partial charge in [-0.2, -0.15) is 0 Å². The fourth-order valence-corrected chi connectivity index (χ4v) is 4.62. The molecule has 0 spiro atoms. The number of hydrogen-bond acceptors (Lipinski definition) is 1. The fourth-order valence-electron chi connectivity index (χ4n) is 1.73.